The Morgan fingerprint density at radius 2 is 1.52 bits per heavy atom. The van der Waals surface area contributed by atoms with Crippen LogP contribution in [0.5, 0.6) is 0 Å². The van der Waals surface area contributed by atoms with Crippen LogP contribution in [-0.4, -0.2) is 19.0 Å². The third-order valence-corrected chi connectivity index (χ3v) is 9.38. The van der Waals surface area contributed by atoms with Gasteiger partial charge in [-0.2, -0.15) is 0 Å². The van der Waals surface area contributed by atoms with Crippen LogP contribution in [0.25, 0.3) is 0 Å². The number of fused-ring (bicyclic) bond motifs is 6. The van der Waals surface area contributed by atoms with Crippen molar-refractivity contribution in [3.05, 3.63) is 0 Å². The molecule has 1 saturated heterocycles. The van der Waals surface area contributed by atoms with Gasteiger partial charge in [0.25, 0.3) is 0 Å². The van der Waals surface area contributed by atoms with Gasteiger partial charge in [-0.25, -0.2) is 0 Å². The van der Waals surface area contributed by atoms with E-state index in [0.717, 1.165) is 43.3 Å². The quantitative estimate of drug-likeness (QED) is 0.614. The summed E-state index contributed by atoms with van der Waals surface area (Å²) in [6.45, 7) is 6.82. The fourth-order valence-electron chi connectivity index (χ4n) is 8.18. The minimum atomic E-state index is -0.215. The molecule has 4 aliphatic carbocycles. The molecule has 0 aromatic heterocycles. The van der Waals surface area contributed by atoms with Crippen molar-refractivity contribution in [1.29, 1.82) is 0 Å². The molecule has 23 heavy (non-hydrogen) atoms. The Morgan fingerprint density at radius 3 is 2.35 bits per heavy atom. The van der Waals surface area contributed by atoms with E-state index in [1.807, 2.05) is 0 Å². The van der Waals surface area contributed by atoms with Crippen LogP contribution in [0, 0.1) is 34.5 Å². The average Bonchev–Trinajstić information content (AvgIpc) is 3.14. The fraction of sp³-hybridized carbons (Fsp3) is 1.00. The minimum absolute atomic E-state index is 0.215. The molecule has 4 saturated carbocycles. The highest BCUT2D eigenvalue weighted by Gasteiger charge is 2.66. The van der Waals surface area contributed by atoms with E-state index in [4.69, 9.17) is 9.47 Å². The second kappa shape index (κ2) is 4.97. The Kier molecular flexibility index (Phi) is 3.29. The van der Waals surface area contributed by atoms with Crippen molar-refractivity contribution in [3.8, 4) is 0 Å². The van der Waals surface area contributed by atoms with E-state index in [1.165, 1.54) is 57.8 Å². The molecule has 6 atom stereocenters. The van der Waals surface area contributed by atoms with E-state index in [9.17, 15) is 0 Å². The molecule has 0 aromatic carbocycles. The van der Waals surface area contributed by atoms with Crippen LogP contribution in [-0.2, 0) is 9.47 Å². The van der Waals surface area contributed by atoms with Gasteiger partial charge in [-0.05, 0) is 74.0 Å². The SMILES string of the molecule is C[C@]12CCCC[C@@H]1CC[C@@H]1[C@H]3CCC4(OCCO4)[C@@]3(C)CC[C@@H]12. The number of hydrogen-bond acceptors (Lipinski definition) is 2. The van der Waals surface area contributed by atoms with Crippen molar-refractivity contribution in [2.45, 2.75) is 83.8 Å². The Bertz CT molecular complexity index is 482. The van der Waals surface area contributed by atoms with Crippen LogP contribution in [0.4, 0.5) is 0 Å². The van der Waals surface area contributed by atoms with Crippen LogP contribution in [0.15, 0.2) is 0 Å². The van der Waals surface area contributed by atoms with Crippen LogP contribution >= 0.6 is 0 Å². The highest BCUT2D eigenvalue weighted by atomic mass is 16.7. The molecule has 5 aliphatic rings. The summed E-state index contributed by atoms with van der Waals surface area (Å²) in [6.07, 6.45) is 14.2. The maximum atomic E-state index is 6.26. The van der Waals surface area contributed by atoms with Crippen LogP contribution in [0.2, 0.25) is 0 Å². The Balaban J connectivity index is 1.47. The summed E-state index contributed by atoms with van der Waals surface area (Å²) in [5, 5.41) is 0. The van der Waals surface area contributed by atoms with E-state index in [-0.39, 0.29) is 11.2 Å². The molecule has 5 rings (SSSR count). The number of ether oxygens (including phenoxy) is 2. The second-order valence-corrected chi connectivity index (χ2v) is 9.85. The first-order valence-corrected chi connectivity index (χ1v) is 10.4. The van der Waals surface area contributed by atoms with E-state index in [1.54, 1.807) is 0 Å². The molecule has 1 aliphatic heterocycles. The van der Waals surface area contributed by atoms with Gasteiger partial charge < -0.3 is 9.47 Å². The minimum Gasteiger partial charge on any atom is -0.347 e. The van der Waals surface area contributed by atoms with Gasteiger partial charge in [0.2, 0.25) is 0 Å². The zero-order valence-electron chi connectivity index (χ0n) is 15.1. The molecule has 2 nitrogen and oxygen atoms in total. The highest BCUT2D eigenvalue weighted by Crippen LogP contribution is 2.69. The topological polar surface area (TPSA) is 18.5 Å². The monoisotopic (exact) mass is 318 g/mol. The average molecular weight is 319 g/mol. The van der Waals surface area contributed by atoms with Crippen LogP contribution in [0.1, 0.15) is 78.1 Å². The largest absolute Gasteiger partial charge is 0.347 e. The lowest BCUT2D eigenvalue weighted by atomic mass is 9.45. The van der Waals surface area contributed by atoms with Crippen molar-refractivity contribution in [2.24, 2.45) is 34.5 Å². The van der Waals surface area contributed by atoms with E-state index >= 15 is 0 Å². The molecule has 2 heteroatoms. The zero-order chi connectivity index (χ0) is 15.7. The van der Waals surface area contributed by atoms with Gasteiger partial charge in [-0.15, -0.1) is 0 Å². The normalized spacial score (nSPS) is 54.5. The molecular weight excluding hydrogens is 284 g/mol. The Labute approximate surface area is 141 Å². The van der Waals surface area contributed by atoms with Crippen LogP contribution in [0.3, 0.4) is 0 Å². The van der Waals surface area contributed by atoms with Gasteiger partial charge in [0.15, 0.2) is 5.79 Å². The second-order valence-electron chi connectivity index (χ2n) is 9.85. The van der Waals surface area contributed by atoms with E-state index in [2.05, 4.69) is 13.8 Å². The van der Waals surface area contributed by atoms with Gasteiger partial charge in [0.1, 0.15) is 0 Å². The molecule has 130 valence electrons. The summed E-state index contributed by atoms with van der Waals surface area (Å²) in [4.78, 5) is 0. The molecule has 0 bridgehead atoms. The number of rotatable bonds is 0. The van der Waals surface area contributed by atoms with Crippen molar-refractivity contribution >= 4 is 0 Å². The Hall–Kier alpha value is -0.0800. The summed E-state index contributed by atoms with van der Waals surface area (Å²) in [7, 11) is 0. The fourth-order valence-corrected chi connectivity index (χ4v) is 8.18. The number of hydrogen-bond donors (Lipinski definition) is 0. The lowest BCUT2D eigenvalue weighted by Gasteiger charge is -2.61. The maximum Gasteiger partial charge on any atom is 0.174 e. The molecule has 0 aromatic rings. The predicted octanol–water partition coefficient (Wildman–Crippen LogP) is 5.16. The molecule has 0 N–H and O–H groups in total. The smallest absolute Gasteiger partial charge is 0.174 e. The molecule has 0 amide bonds. The first kappa shape index (κ1) is 15.2. The first-order valence-electron chi connectivity index (χ1n) is 10.4. The van der Waals surface area contributed by atoms with Gasteiger partial charge in [-0.3, -0.25) is 0 Å². The zero-order valence-corrected chi connectivity index (χ0v) is 15.1. The van der Waals surface area contributed by atoms with Gasteiger partial charge in [0.05, 0.1) is 13.2 Å². The lowest BCUT2D eigenvalue weighted by molar-refractivity contribution is -0.247. The third-order valence-electron chi connectivity index (χ3n) is 9.38. The van der Waals surface area contributed by atoms with E-state index in [0.29, 0.717) is 5.41 Å². The van der Waals surface area contributed by atoms with Gasteiger partial charge in [0, 0.05) is 11.8 Å². The first-order chi connectivity index (χ1) is 11.1. The predicted molar refractivity (Wildman–Crippen MR) is 91.0 cm³/mol. The van der Waals surface area contributed by atoms with Gasteiger partial charge >= 0.3 is 0 Å². The van der Waals surface area contributed by atoms with Crippen molar-refractivity contribution in [3.63, 3.8) is 0 Å². The van der Waals surface area contributed by atoms with Crippen molar-refractivity contribution in [1.82, 2.24) is 0 Å². The molecular formula is C21H34O2. The molecule has 5 fully saturated rings. The summed E-state index contributed by atoms with van der Waals surface area (Å²) in [5.74, 6) is 3.58. The standard InChI is InChI=1S/C21H34O2/c1-19-10-4-3-5-15(19)6-7-16-17(19)8-11-20(2)18(16)9-12-21(20)22-13-14-23-21/h15-18H,3-14H2,1-2H3/t15-,16+,17+,18-,19+,20+/m1/s1. The summed E-state index contributed by atoms with van der Waals surface area (Å²) < 4.78 is 12.5. The van der Waals surface area contributed by atoms with Crippen molar-refractivity contribution < 1.29 is 9.47 Å². The summed E-state index contributed by atoms with van der Waals surface area (Å²) in [6, 6.07) is 0. The third kappa shape index (κ3) is 1.83. The lowest BCUT2D eigenvalue weighted by Crippen LogP contribution is -2.56. The summed E-state index contributed by atoms with van der Waals surface area (Å²) in [5.41, 5.74) is 0.929. The summed E-state index contributed by atoms with van der Waals surface area (Å²) >= 11 is 0. The van der Waals surface area contributed by atoms with Crippen LogP contribution < -0.4 is 0 Å². The van der Waals surface area contributed by atoms with Crippen molar-refractivity contribution in [2.75, 3.05) is 13.2 Å². The Morgan fingerprint density at radius 1 is 0.739 bits per heavy atom. The molecule has 0 unspecified atom stereocenters. The molecule has 0 radical (unpaired) electrons. The molecule has 1 heterocycles. The van der Waals surface area contributed by atoms with E-state index < -0.39 is 0 Å². The molecule has 1 spiro atoms. The maximum absolute atomic E-state index is 6.26. The highest BCUT2D eigenvalue weighted by molar-refractivity contribution is 5.12. The van der Waals surface area contributed by atoms with Gasteiger partial charge in [-0.1, -0.05) is 26.7 Å².